The van der Waals surface area contributed by atoms with E-state index in [1.165, 1.54) is 12.1 Å². The van der Waals surface area contributed by atoms with Crippen LogP contribution in [0.2, 0.25) is 5.02 Å². The van der Waals surface area contributed by atoms with E-state index < -0.39 is 11.7 Å². The van der Waals surface area contributed by atoms with Crippen molar-refractivity contribution in [3.8, 4) is 0 Å². The molecule has 106 valence electrons. The minimum Gasteiger partial charge on any atom is -0.381 e. The average molecular weight is 365 g/mol. The van der Waals surface area contributed by atoms with E-state index in [1.54, 1.807) is 6.07 Å². The molecule has 0 aliphatic rings. The molecule has 0 spiro atoms. The summed E-state index contributed by atoms with van der Waals surface area (Å²) in [6, 6.07) is 10.3. The third kappa shape index (κ3) is 3.90. The standard InChI is InChI=1S/C14H10BrClF3N/c15-11-3-6-13(16)9(7-11)8-20-12-4-1-10(2-5-12)14(17,18)19/h1-7,20H,8H2. The number of hydrogen-bond donors (Lipinski definition) is 1. The maximum atomic E-state index is 12.4. The number of hydrogen-bond acceptors (Lipinski definition) is 1. The number of nitrogens with one attached hydrogen (secondary N) is 1. The molecule has 20 heavy (non-hydrogen) atoms. The summed E-state index contributed by atoms with van der Waals surface area (Å²) in [4.78, 5) is 0. The van der Waals surface area contributed by atoms with Gasteiger partial charge in [0, 0.05) is 21.7 Å². The van der Waals surface area contributed by atoms with E-state index in [9.17, 15) is 13.2 Å². The molecular weight excluding hydrogens is 355 g/mol. The normalized spacial score (nSPS) is 11.4. The van der Waals surface area contributed by atoms with Crippen LogP contribution in [0.3, 0.4) is 0 Å². The fourth-order valence-corrected chi connectivity index (χ4v) is 2.25. The molecule has 0 saturated heterocycles. The van der Waals surface area contributed by atoms with E-state index in [2.05, 4.69) is 21.2 Å². The van der Waals surface area contributed by atoms with Crippen LogP contribution in [0.4, 0.5) is 18.9 Å². The zero-order chi connectivity index (χ0) is 14.8. The molecule has 0 aromatic heterocycles. The molecule has 2 aromatic rings. The van der Waals surface area contributed by atoms with Gasteiger partial charge in [0.1, 0.15) is 0 Å². The quantitative estimate of drug-likeness (QED) is 0.733. The van der Waals surface area contributed by atoms with E-state index in [1.807, 2.05) is 12.1 Å². The van der Waals surface area contributed by atoms with Crippen LogP contribution in [0.25, 0.3) is 0 Å². The SMILES string of the molecule is FC(F)(F)c1ccc(NCc2cc(Br)ccc2Cl)cc1. The molecule has 0 bridgehead atoms. The first kappa shape index (κ1) is 15.2. The van der Waals surface area contributed by atoms with Gasteiger partial charge in [0.25, 0.3) is 0 Å². The number of halogens is 5. The van der Waals surface area contributed by atoms with Gasteiger partial charge in [0.05, 0.1) is 5.56 Å². The van der Waals surface area contributed by atoms with Gasteiger partial charge in [-0.1, -0.05) is 27.5 Å². The van der Waals surface area contributed by atoms with Crippen molar-refractivity contribution in [2.24, 2.45) is 0 Å². The Balaban J connectivity index is 2.06. The fourth-order valence-electron chi connectivity index (χ4n) is 1.65. The molecule has 2 aromatic carbocycles. The van der Waals surface area contributed by atoms with Crippen molar-refractivity contribution < 1.29 is 13.2 Å². The van der Waals surface area contributed by atoms with Crippen LogP contribution in [0.15, 0.2) is 46.9 Å². The van der Waals surface area contributed by atoms with Crippen LogP contribution in [-0.2, 0) is 12.7 Å². The fraction of sp³-hybridized carbons (Fsp3) is 0.143. The third-order valence-corrected chi connectivity index (χ3v) is 3.56. The molecule has 0 aliphatic carbocycles. The van der Waals surface area contributed by atoms with Gasteiger partial charge in [0.15, 0.2) is 0 Å². The molecule has 0 heterocycles. The Bertz CT molecular complexity index is 596. The Morgan fingerprint density at radius 1 is 1.05 bits per heavy atom. The van der Waals surface area contributed by atoms with Gasteiger partial charge in [-0.25, -0.2) is 0 Å². The first-order valence-corrected chi connectivity index (χ1v) is 6.88. The molecular formula is C14H10BrClF3N. The summed E-state index contributed by atoms with van der Waals surface area (Å²) in [6.07, 6.45) is -4.31. The molecule has 0 unspecified atom stereocenters. The summed E-state index contributed by atoms with van der Waals surface area (Å²) < 4.78 is 38.2. The molecule has 0 amide bonds. The van der Waals surface area contributed by atoms with Crippen molar-refractivity contribution in [3.05, 3.63) is 63.1 Å². The summed E-state index contributed by atoms with van der Waals surface area (Å²) in [5.41, 5.74) is 0.804. The van der Waals surface area contributed by atoms with E-state index >= 15 is 0 Å². The summed E-state index contributed by atoms with van der Waals surface area (Å²) in [5, 5.41) is 3.64. The van der Waals surface area contributed by atoms with Crippen LogP contribution in [0.5, 0.6) is 0 Å². The van der Waals surface area contributed by atoms with Crippen LogP contribution in [0, 0.1) is 0 Å². The third-order valence-electron chi connectivity index (χ3n) is 2.70. The molecule has 1 N–H and O–H groups in total. The summed E-state index contributed by atoms with van der Waals surface area (Å²) in [6.45, 7) is 0.434. The van der Waals surface area contributed by atoms with Crippen LogP contribution in [-0.4, -0.2) is 0 Å². The van der Waals surface area contributed by atoms with Gasteiger partial charge in [-0.05, 0) is 48.0 Å². The van der Waals surface area contributed by atoms with Gasteiger partial charge >= 0.3 is 6.18 Å². The predicted molar refractivity (Wildman–Crippen MR) is 77.9 cm³/mol. The minimum absolute atomic E-state index is 0.434. The van der Waals surface area contributed by atoms with E-state index in [-0.39, 0.29) is 0 Å². The van der Waals surface area contributed by atoms with Crippen molar-refractivity contribution in [2.45, 2.75) is 12.7 Å². The Morgan fingerprint density at radius 3 is 2.30 bits per heavy atom. The zero-order valence-electron chi connectivity index (χ0n) is 10.1. The second-order valence-electron chi connectivity index (χ2n) is 4.16. The Hall–Kier alpha value is -1.20. The van der Waals surface area contributed by atoms with Crippen molar-refractivity contribution in [2.75, 3.05) is 5.32 Å². The maximum absolute atomic E-state index is 12.4. The molecule has 0 radical (unpaired) electrons. The van der Waals surface area contributed by atoms with Gasteiger partial charge in [-0.2, -0.15) is 13.2 Å². The Kier molecular flexibility index (Phi) is 4.60. The average Bonchev–Trinajstić information content (AvgIpc) is 2.39. The summed E-state index contributed by atoms with van der Waals surface area (Å²) in [5.74, 6) is 0. The lowest BCUT2D eigenvalue weighted by Gasteiger charge is -2.10. The topological polar surface area (TPSA) is 12.0 Å². The Labute approximate surface area is 127 Å². The highest BCUT2D eigenvalue weighted by molar-refractivity contribution is 9.10. The lowest BCUT2D eigenvalue weighted by Crippen LogP contribution is -2.05. The number of anilines is 1. The second-order valence-corrected chi connectivity index (χ2v) is 5.49. The van der Waals surface area contributed by atoms with Gasteiger partial charge < -0.3 is 5.32 Å². The van der Waals surface area contributed by atoms with E-state index in [0.717, 1.165) is 22.2 Å². The van der Waals surface area contributed by atoms with E-state index in [0.29, 0.717) is 17.3 Å². The summed E-state index contributed by atoms with van der Waals surface area (Å²) >= 11 is 9.38. The predicted octanol–water partition coefficient (Wildman–Crippen LogP) is 5.73. The Morgan fingerprint density at radius 2 is 1.70 bits per heavy atom. The number of alkyl halides is 3. The largest absolute Gasteiger partial charge is 0.416 e. The van der Waals surface area contributed by atoms with Gasteiger partial charge in [-0.15, -0.1) is 0 Å². The lowest BCUT2D eigenvalue weighted by atomic mass is 10.2. The molecule has 0 fully saturated rings. The highest BCUT2D eigenvalue weighted by Crippen LogP contribution is 2.30. The molecule has 0 atom stereocenters. The molecule has 1 nitrogen and oxygen atoms in total. The molecule has 6 heteroatoms. The van der Waals surface area contributed by atoms with Crippen molar-refractivity contribution in [1.82, 2.24) is 0 Å². The molecule has 0 aliphatic heterocycles. The first-order chi connectivity index (χ1) is 9.36. The van der Waals surface area contributed by atoms with Crippen molar-refractivity contribution in [3.63, 3.8) is 0 Å². The van der Waals surface area contributed by atoms with Gasteiger partial charge in [0.2, 0.25) is 0 Å². The van der Waals surface area contributed by atoms with Crippen molar-refractivity contribution >= 4 is 33.2 Å². The van der Waals surface area contributed by atoms with E-state index in [4.69, 9.17) is 11.6 Å². The number of benzene rings is 2. The number of rotatable bonds is 3. The summed E-state index contributed by atoms with van der Waals surface area (Å²) in [7, 11) is 0. The minimum atomic E-state index is -4.31. The second kappa shape index (κ2) is 6.06. The molecule has 0 saturated carbocycles. The molecule has 2 rings (SSSR count). The highest BCUT2D eigenvalue weighted by Gasteiger charge is 2.29. The first-order valence-electron chi connectivity index (χ1n) is 5.71. The van der Waals surface area contributed by atoms with Crippen LogP contribution >= 0.6 is 27.5 Å². The smallest absolute Gasteiger partial charge is 0.381 e. The van der Waals surface area contributed by atoms with Crippen LogP contribution < -0.4 is 5.32 Å². The lowest BCUT2D eigenvalue weighted by molar-refractivity contribution is -0.137. The van der Waals surface area contributed by atoms with Gasteiger partial charge in [-0.3, -0.25) is 0 Å². The highest BCUT2D eigenvalue weighted by atomic mass is 79.9. The van der Waals surface area contributed by atoms with Crippen LogP contribution in [0.1, 0.15) is 11.1 Å². The van der Waals surface area contributed by atoms with Crippen molar-refractivity contribution in [1.29, 1.82) is 0 Å². The maximum Gasteiger partial charge on any atom is 0.416 e. The zero-order valence-corrected chi connectivity index (χ0v) is 12.5. The monoisotopic (exact) mass is 363 g/mol.